The molecule has 17 heavy (non-hydrogen) atoms. The molecule has 2 atom stereocenters. The van der Waals surface area contributed by atoms with E-state index in [1.165, 1.54) is 5.56 Å². The molecule has 4 heteroatoms. The fourth-order valence-corrected chi connectivity index (χ4v) is 2.50. The summed E-state index contributed by atoms with van der Waals surface area (Å²) < 4.78 is 2.00. The molecule has 1 aliphatic carbocycles. The predicted octanol–water partition coefficient (Wildman–Crippen LogP) is 1.54. The third-order valence-corrected chi connectivity index (χ3v) is 3.42. The highest BCUT2D eigenvalue weighted by molar-refractivity contribution is 5.03. The summed E-state index contributed by atoms with van der Waals surface area (Å²) in [6, 6.07) is 0. The van der Waals surface area contributed by atoms with Crippen LogP contribution in [-0.4, -0.2) is 27.5 Å². The first-order chi connectivity index (χ1) is 8.28. The van der Waals surface area contributed by atoms with Gasteiger partial charge < -0.3 is 10.4 Å². The number of aryl methyl sites for hydroxylation is 1. The molecule has 0 radical (unpaired) electrons. The second kappa shape index (κ2) is 6.17. The molecule has 0 aliphatic heterocycles. The Kier molecular flexibility index (Phi) is 4.57. The molecule has 1 saturated carbocycles. The molecule has 1 fully saturated rings. The zero-order valence-electron chi connectivity index (χ0n) is 10.6. The average Bonchev–Trinajstić information content (AvgIpc) is 2.89. The van der Waals surface area contributed by atoms with Gasteiger partial charge in [0, 0.05) is 24.8 Å². The minimum absolute atomic E-state index is 0.0610. The smallest absolute Gasteiger partial charge is 0.0543 e. The van der Waals surface area contributed by atoms with Crippen molar-refractivity contribution in [2.75, 3.05) is 6.54 Å². The standard InChI is InChI=1S/C13H23N3O/c1-2-5-16-10-12(9-15-16)8-14-7-11-3-4-13(17)6-11/h9-11,13-14,17H,2-8H2,1H3. The number of hydrogen-bond acceptors (Lipinski definition) is 3. The largest absolute Gasteiger partial charge is 0.393 e. The molecule has 2 rings (SSSR count). The van der Waals surface area contributed by atoms with E-state index in [9.17, 15) is 5.11 Å². The van der Waals surface area contributed by atoms with Crippen LogP contribution in [0.5, 0.6) is 0 Å². The summed E-state index contributed by atoms with van der Waals surface area (Å²) in [7, 11) is 0. The molecule has 1 aliphatic rings. The first kappa shape index (κ1) is 12.6. The predicted molar refractivity (Wildman–Crippen MR) is 67.6 cm³/mol. The lowest BCUT2D eigenvalue weighted by Gasteiger charge is -2.09. The summed E-state index contributed by atoms with van der Waals surface area (Å²) in [6.07, 6.45) is 8.20. The lowest BCUT2D eigenvalue weighted by atomic mass is 10.1. The van der Waals surface area contributed by atoms with E-state index < -0.39 is 0 Å². The van der Waals surface area contributed by atoms with Gasteiger partial charge in [0.05, 0.1) is 12.3 Å². The molecule has 0 amide bonds. The lowest BCUT2D eigenvalue weighted by Crippen LogP contribution is -2.21. The molecule has 1 heterocycles. The van der Waals surface area contributed by atoms with Crippen LogP contribution in [0.3, 0.4) is 0 Å². The van der Waals surface area contributed by atoms with E-state index in [1.807, 2.05) is 10.9 Å². The number of nitrogens with one attached hydrogen (secondary N) is 1. The Morgan fingerprint density at radius 3 is 3.12 bits per heavy atom. The van der Waals surface area contributed by atoms with Crippen LogP contribution in [0, 0.1) is 5.92 Å². The van der Waals surface area contributed by atoms with E-state index in [0.29, 0.717) is 5.92 Å². The Bertz CT molecular complexity index is 337. The highest BCUT2D eigenvalue weighted by Crippen LogP contribution is 2.24. The van der Waals surface area contributed by atoms with Crippen LogP contribution in [0.25, 0.3) is 0 Å². The minimum atomic E-state index is -0.0610. The molecule has 2 N–H and O–H groups in total. The Hall–Kier alpha value is -0.870. The highest BCUT2D eigenvalue weighted by atomic mass is 16.3. The summed E-state index contributed by atoms with van der Waals surface area (Å²) in [6.45, 7) is 5.05. The maximum absolute atomic E-state index is 9.44. The first-order valence-electron chi connectivity index (χ1n) is 6.68. The van der Waals surface area contributed by atoms with Crippen molar-refractivity contribution in [2.24, 2.45) is 5.92 Å². The van der Waals surface area contributed by atoms with E-state index >= 15 is 0 Å². The maximum Gasteiger partial charge on any atom is 0.0543 e. The number of aliphatic hydroxyl groups is 1. The van der Waals surface area contributed by atoms with Crippen molar-refractivity contribution < 1.29 is 5.11 Å². The van der Waals surface area contributed by atoms with Crippen molar-refractivity contribution >= 4 is 0 Å². The van der Waals surface area contributed by atoms with Crippen molar-refractivity contribution in [1.82, 2.24) is 15.1 Å². The fourth-order valence-electron chi connectivity index (χ4n) is 2.50. The van der Waals surface area contributed by atoms with E-state index in [4.69, 9.17) is 0 Å². The van der Waals surface area contributed by atoms with Crippen LogP contribution in [0.4, 0.5) is 0 Å². The van der Waals surface area contributed by atoms with Gasteiger partial charge in [-0.05, 0) is 38.1 Å². The molecule has 0 saturated heterocycles. The zero-order chi connectivity index (χ0) is 12.1. The number of nitrogens with zero attached hydrogens (tertiary/aromatic N) is 2. The van der Waals surface area contributed by atoms with E-state index in [1.54, 1.807) is 0 Å². The summed E-state index contributed by atoms with van der Waals surface area (Å²) in [5.41, 5.74) is 1.25. The van der Waals surface area contributed by atoms with Crippen LogP contribution in [0.2, 0.25) is 0 Å². The molecule has 0 bridgehead atoms. The number of hydrogen-bond donors (Lipinski definition) is 2. The van der Waals surface area contributed by atoms with Gasteiger partial charge in [0.25, 0.3) is 0 Å². The second-order valence-electron chi connectivity index (χ2n) is 5.08. The molecular weight excluding hydrogens is 214 g/mol. The van der Waals surface area contributed by atoms with Gasteiger partial charge in [0.2, 0.25) is 0 Å². The van der Waals surface area contributed by atoms with Crippen LogP contribution in [0.15, 0.2) is 12.4 Å². The normalized spacial score (nSPS) is 24.4. The van der Waals surface area contributed by atoms with Crippen LogP contribution in [0.1, 0.15) is 38.2 Å². The Labute approximate surface area is 103 Å². The van der Waals surface area contributed by atoms with E-state index in [0.717, 1.165) is 45.3 Å². The van der Waals surface area contributed by atoms with Crippen molar-refractivity contribution in [3.8, 4) is 0 Å². The molecule has 2 unspecified atom stereocenters. The molecular formula is C13H23N3O. The molecule has 0 aromatic carbocycles. The monoisotopic (exact) mass is 237 g/mol. The number of aliphatic hydroxyl groups excluding tert-OH is 1. The van der Waals surface area contributed by atoms with Crippen molar-refractivity contribution in [1.29, 1.82) is 0 Å². The Morgan fingerprint density at radius 2 is 2.41 bits per heavy atom. The molecule has 96 valence electrons. The lowest BCUT2D eigenvalue weighted by molar-refractivity contribution is 0.177. The van der Waals surface area contributed by atoms with Crippen LogP contribution >= 0.6 is 0 Å². The summed E-state index contributed by atoms with van der Waals surface area (Å²) in [5.74, 6) is 0.649. The zero-order valence-corrected chi connectivity index (χ0v) is 10.6. The molecule has 0 spiro atoms. The van der Waals surface area contributed by atoms with Gasteiger partial charge in [-0.2, -0.15) is 5.10 Å². The fraction of sp³-hybridized carbons (Fsp3) is 0.769. The van der Waals surface area contributed by atoms with Gasteiger partial charge >= 0.3 is 0 Å². The molecule has 1 aromatic rings. The topological polar surface area (TPSA) is 50.1 Å². The van der Waals surface area contributed by atoms with Crippen molar-refractivity contribution in [2.45, 2.75) is 51.8 Å². The molecule has 4 nitrogen and oxygen atoms in total. The summed E-state index contributed by atoms with van der Waals surface area (Å²) in [5, 5.41) is 17.2. The third-order valence-electron chi connectivity index (χ3n) is 3.42. The Balaban J connectivity index is 1.67. The second-order valence-corrected chi connectivity index (χ2v) is 5.08. The number of rotatable bonds is 6. The third kappa shape index (κ3) is 3.82. The van der Waals surface area contributed by atoms with Gasteiger partial charge in [-0.3, -0.25) is 4.68 Å². The number of aromatic nitrogens is 2. The summed E-state index contributed by atoms with van der Waals surface area (Å²) >= 11 is 0. The van der Waals surface area contributed by atoms with E-state index in [2.05, 4.69) is 23.5 Å². The maximum atomic E-state index is 9.44. The first-order valence-corrected chi connectivity index (χ1v) is 6.68. The summed E-state index contributed by atoms with van der Waals surface area (Å²) in [4.78, 5) is 0. The van der Waals surface area contributed by atoms with Gasteiger partial charge in [-0.1, -0.05) is 6.92 Å². The quantitative estimate of drug-likeness (QED) is 0.789. The Morgan fingerprint density at radius 1 is 1.53 bits per heavy atom. The van der Waals surface area contributed by atoms with Crippen molar-refractivity contribution in [3.63, 3.8) is 0 Å². The molecule has 1 aromatic heterocycles. The van der Waals surface area contributed by atoms with Crippen LogP contribution < -0.4 is 5.32 Å². The minimum Gasteiger partial charge on any atom is -0.393 e. The average molecular weight is 237 g/mol. The SMILES string of the molecule is CCCn1cc(CNCC2CCC(O)C2)cn1. The van der Waals surface area contributed by atoms with Crippen LogP contribution in [-0.2, 0) is 13.1 Å². The van der Waals surface area contributed by atoms with E-state index in [-0.39, 0.29) is 6.10 Å². The van der Waals surface area contributed by atoms with Gasteiger partial charge in [0.15, 0.2) is 0 Å². The van der Waals surface area contributed by atoms with Crippen molar-refractivity contribution in [3.05, 3.63) is 18.0 Å². The van der Waals surface area contributed by atoms with Gasteiger partial charge in [0.1, 0.15) is 0 Å². The van der Waals surface area contributed by atoms with Gasteiger partial charge in [-0.15, -0.1) is 0 Å². The van der Waals surface area contributed by atoms with Gasteiger partial charge in [-0.25, -0.2) is 0 Å². The highest BCUT2D eigenvalue weighted by Gasteiger charge is 2.21.